The largest absolute Gasteiger partial charge is 0.444 e. The Kier molecular flexibility index (Phi) is 12.8. The molecule has 0 heterocycles. The minimum Gasteiger partial charge on any atom is -0.444 e. The average Bonchev–Trinajstić information content (AvgIpc) is 2.59. The van der Waals surface area contributed by atoms with Crippen molar-refractivity contribution in [1.82, 2.24) is 20.9 Å². The number of halogens is 1. The molecule has 0 aliphatic rings. The van der Waals surface area contributed by atoms with Gasteiger partial charge in [0, 0.05) is 33.2 Å². The molecule has 0 radical (unpaired) electrons. The van der Waals surface area contributed by atoms with E-state index in [2.05, 4.69) is 64.1 Å². The zero-order chi connectivity index (χ0) is 20.3. The molecule has 0 aliphatic carbocycles. The number of aliphatic imine (C=N–C) groups is 1. The van der Waals surface area contributed by atoms with Crippen LogP contribution in [0.2, 0.25) is 0 Å². The van der Waals surface area contributed by atoms with Crippen molar-refractivity contribution in [2.75, 3.05) is 33.7 Å². The third-order valence-electron chi connectivity index (χ3n) is 3.75. The Morgan fingerprint density at radius 2 is 1.79 bits per heavy atom. The number of rotatable bonds is 8. The monoisotopic (exact) mass is 505 g/mol. The predicted octanol–water partition coefficient (Wildman–Crippen LogP) is 2.95. The number of hydrogen-bond acceptors (Lipinski definition) is 4. The number of hydrogen-bond donors (Lipinski definition) is 3. The van der Waals surface area contributed by atoms with Crippen molar-refractivity contribution in [2.45, 2.75) is 46.4 Å². The van der Waals surface area contributed by atoms with Crippen LogP contribution in [-0.4, -0.2) is 56.3 Å². The Hall–Kier alpha value is -1.55. The van der Waals surface area contributed by atoms with E-state index in [9.17, 15) is 4.79 Å². The lowest BCUT2D eigenvalue weighted by molar-refractivity contribution is 0.0529. The number of amides is 1. The van der Waals surface area contributed by atoms with Crippen molar-refractivity contribution >= 4 is 36.0 Å². The summed E-state index contributed by atoms with van der Waals surface area (Å²) in [5.41, 5.74) is 2.00. The summed E-state index contributed by atoms with van der Waals surface area (Å²) in [4.78, 5) is 18.1. The number of benzene rings is 1. The number of carbonyl (C=O) groups excluding carboxylic acids is 1. The van der Waals surface area contributed by atoms with Gasteiger partial charge in [0.1, 0.15) is 5.60 Å². The number of guanidine groups is 1. The smallest absolute Gasteiger partial charge is 0.407 e. The molecule has 8 heteroatoms. The molecular weight excluding hydrogens is 469 g/mol. The van der Waals surface area contributed by atoms with Crippen molar-refractivity contribution in [3.8, 4) is 0 Å². The van der Waals surface area contributed by atoms with E-state index in [0.717, 1.165) is 13.1 Å². The van der Waals surface area contributed by atoms with Gasteiger partial charge < -0.3 is 25.6 Å². The molecule has 1 aromatic carbocycles. The van der Waals surface area contributed by atoms with Gasteiger partial charge in [-0.2, -0.15) is 0 Å². The molecule has 0 saturated carbocycles. The number of alkyl carbamates (subject to hydrolysis) is 1. The van der Waals surface area contributed by atoms with Crippen molar-refractivity contribution in [1.29, 1.82) is 0 Å². The summed E-state index contributed by atoms with van der Waals surface area (Å²) >= 11 is 0. The van der Waals surface area contributed by atoms with Crippen LogP contribution in [0.3, 0.4) is 0 Å². The van der Waals surface area contributed by atoms with Crippen LogP contribution in [0.4, 0.5) is 4.79 Å². The zero-order valence-corrected chi connectivity index (χ0v) is 20.3. The van der Waals surface area contributed by atoms with E-state index < -0.39 is 11.7 Å². The molecule has 7 nitrogen and oxygen atoms in total. The second-order valence-electron chi connectivity index (χ2n) is 7.43. The minimum atomic E-state index is -0.490. The minimum absolute atomic E-state index is 0. The topological polar surface area (TPSA) is 78.0 Å². The quantitative estimate of drug-likeness (QED) is 0.219. The number of ether oxygens (including phenoxy) is 1. The molecule has 1 amide bonds. The Morgan fingerprint density at radius 3 is 2.39 bits per heavy atom. The van der Waals surface area contributed by atoms with Crippen molar-refractivity contribution in [3.63, 3.8) is 0 Å². The first kappa shape index (κ1) is 26.4. The molecule has 0 aliphatic heterocycles. The van der Waals surface area contributed by atoms with Crippen LogP contribution in [0.25, 0.3) is 0 Å². The van der Waals surface area contributed by atoms with E-state index in [-0.39, 0.29) is 24.0 Å². The van der Waals surface area contributed by atoms with Crippen LogP contribution in [0.1, 0.15) is 38.8 Å². The summed E-state index contributed by atoms with van der Waals surface area (Å²) in [6.07, 6.45) is -0.416. The second kappa shape index (κ2) is 13.6. The van der Waals surface area contributed by atoms with Gasteiger partial charge in [0.2, 0.25) is 0 Å². The van der Waals surface area contributed by atoms with E-state index in [1.165, 1.54) is 11.1 Å². The first-order valence-electron chi connectivity index (χ1n) is 9.41. The lowest BCUT2D eigenvalue weighted by atomic mass is 10.1. The molecule has 0 unspecified atom stereocenters. The van der Waals surface area contributed by atoms with Crippen LogP contribution < -0.4 is 16.0 Å². The number of nitrogens with zero attached hydrogens (tertiary/aromatic N) is 2. The third-order valence-corrected chi connectivity index (χ3v) is 3.75. The lowest BCUT2D eigenvalue weighted by Gasteiger charge is -2.20. The van der Waals surface area contributed by atoms with Crippen LogP contribution in [0.5, 0.6) is 0 Å². The molecule has 0 aromatic heterocycles. The molecule has 0 atom stereocenters. The number of nitrogens with one attached hydrogen (secondary N) is 3. The molecule has 160 valence electrons. The Balaban J connectivity index is 0.00000729. The summed E-state index contributed by atoms with van der Waals surface area (Å²) in [5, 5.41) is 9.17. The zero-order valence-electron chi connectivity index (χ0n) is 18.0. The summed E-state index contributed by atoms with van der Waals surface area (Å²) in [7, 11) is 3.84. The van der Waals surface area contributed by atoms with Crippen molar-refractivity contribution in [3.05, 3.63) is 35.4 Å². The molecule has 0 bridgehead atoms. The summed E-state index contributed by atoms with van der Waals surface area (Å²) in [6, 6.07) is 8.53. The maximum atomic E-state index is 11.6. The predicted molar refractivity (Wildman–Crippen MR) is 126 cm³/mol. The fourth-order valence-electron chi connectivity index (χ4n) is 2.33. The van der Waals surface area contributed by atoms with Gasteiger partial charge in [-0.05, 0) is 45.5 Å². The van der Waals surface area contributed by atoms with Gasteiger partial charge >= 0.3 is 6.09 Å². The summed E-state index contributed by atoms with van der Waals surface area (Å²) in [5.74, 6) is 0.692. The highest BCUT2D eigenvalue weighted by Crippen LogP contribution is 2.08. The fraction of sp³-hybridized carbons (Fsp3) is 0.600. The Bertz CT molecular complexity index is 617. The normalized spacial score (nSPS) is 11.6. The highest BCUT2D eigenvalue weighted by Gasteiger charge is 2.15. The molecule has 1 aromatic rings. The first-order chi connectivity index (χ1) is 12.7. The van der Waals surface area contributed by atoms with Crippen LogP contribution >= 0.6 is 24.0 Å². The second-order valence-corrected chi connectivity index (χ2v) is 7.43. The summed E-state index contributed by atoms with van der Waals surface area (Å²) < 4.78 is 5.20. The lowest BCUT2D eigenvalue weighted by Crippen LogP contribution is -2.42. The molecule has 1 rings (SSSR count). The van der Waals surface area contributed by atoms with Gasteiger partial charge in [0.15, 0.2) is 5.96 Å². The van der Waals surface area contributed by atoms with Crippen molar-refractivity contribution < 1.29 is 9.53 Å². The van der Waals surface area contributed by atoms with Crippen molar-refractivity contribution in [2.24, 2.45) is 4.99 Å². The van der Waals surface area contributed by atoms with E-state index >= 15 is 0 Å². The molecule has 0 fully saturated rings. The SMILES string of the molecule is CCN(C)Cc1cccc(CNC(=NC)NCCNC(=O)OC(C)(C)C)c1.I. The maximum absolute atomic E-state index is 11.6. The van der Waals surface area contributed by atoms with Gasteiger partial charge in [0.05, 0.1) is 0 Å². The molecule has 28 heavy (non-hydrogen) atoms. The first-order valence-corrected chi connectivity index (χ1v) is 9.41. The fourth-order valence-corrected chi connectivity index (χ4v) is 2.33. The molecule has 0 saturated heterocycles. The highest BCUT2D eigenvalue weighted by molar-refractivity contribution is 14.0. The summed E-state index contributed by atoms with van der Waals surface area (Å²) in [6.45, 7) is 11.3. The Morgan fingerprint density at radius 1 is 1.14 bits per heavy atom. The average molecular weight is 505 g/mol. The number of carbonyl (C=O) groups is 1. The van der Waals surface area contributed by atoms with Gasteiger partial charge in [0.25, 0.3) is 0 Å². The van der Waals surface area contributed by atoms with Gasteiger partial charge in [-0.3, -0.25) is 4.99 Å². The van der Waals surface area contributed by atoms with Gasteiger partial charge in [-0.15, -0.1) is 24.0 Å². The molecule has 0 spiro atoms. The van der Waals surface area contributed by atoms with Crippen LogP contribution in [0, 0.1) is 0 Å². The van der Waals surface area contributed by atoms with Gasteiger partial charge in [-0.1, -0.05) is 31.2 Å². The molecular formula is C20H36IN5O2. The van der Waals surface area contributed by atoms with E-state index in [1.54, 1.807) is 7.05 Å². The maximum Gasteiger partial charge on any atom is 0.407 e. The van der Waals surface area contributed by atoms with Crippen LogP contribution in [0.15, 0.2) is 29.3 Å². The highest BCUT2D eigenvalue weighted by atomic mass is 127. The van der Waals surface area contributed by atoms with E-state index in [0.29, 0.717) is 25.6 Å². The van der Waals surface area contributed by atoms with E-state index in [1.807, 2.05) is 20.8 Å². The third kappa shape index (κ3) is 12.0. The standard InChI is InChI=1S/C20H35N5O2.HI/c1-7-25(6)15-17-10-8-9-16(13-17)14-24-18(21-5)22-11-12-23-19(26)27-20(2,3)4;/h8-10,13H,7,11-12,14-15H2,1-6H3,(H,23,26)(H2,21,22,24);1H. The van der Waals surface area contributed by atoms with Crippen LogP contribution in [-0.2, 0) is 17.8 Å². The molecule has 3 N–H and O–H groups in total. The van der Waals surface area contributed by atoms with E-state index in [4.69, 9.17) is 4.74 Å². The Labute approximate surface area is 186 Å². The van der Waals surface area contributed by atoms with Gasteiger partial charge in [-0.25, -0.2) is 4.79 Å².